The van der Waals surface area contributed by atoms with Crippen LogP contribution in [-0.4, -0.2) is 0 Å². The Labute approximate surface area is 276 Å². The number of rotatable bonds is 3. The average molecular weight is 613 g/mol. The molecule has 0 radical (unpaired) electrons. The number of hydrogen-bond acceptors (Lipinski definition) is 1. The molecule has 47 heavy (non-hydrogen) atoms. The zero-order valence-corrected chi connectivity index (χ0v) is 26.4. The Morgan fingerprint density at radius 2 is 0.809 bits per heavy atom. The highest BCUT2D eigenvalue weighted by Gasteiger charge is 2.18. The summed E-state index contributed by atoms with van der Waals surface area (Å²) in [5, 5.41) is 13.0. The molecule has 10 rings (SSSR count). The van der Waals surface area contributed by atoms with Crippen molar-refractivity contribution in [1.29, 1.82) is 0 Å². The van der Waals surface area contributed by atoms with E-state index in [2.05, 4.69) is 170 Å². The molecular formula is C46H28S. The molecule has 0 nitrogen and oxygen atoms in total. The lowest BCUT2D eigenvalue weighted by molar-refractivity contribution is 1.64. The largest absolute Gasteiger partial charge is 0.135 e. The standard InChI is InChI=1S/C46H28S/c1-3-13-34-30(10-1)12-9-19-37(34)45-40-17-7-5-15-38(40)44(39-16-6-8-18-41(39)45)32-22-20-29(21-23-32)33-25-26-36-42-27-24-31-11-2-4-14-35(31)46(42)47-43(36)28-33/h1-28H. The Morgan fingerprint density at radius 3 is 1.51 bits per heavy atom. The van der Waals surface area contributed by atoms with Gasteiger partial charge in [0.1, 0.15) is 0 Å². The van der Waals surface area contributed by atoms with Crippen molar-refractivity contribution >= 4 is 74.6 Å². The molecule has 0 N–H and O–H groups in total. The van der Waals surface area contributed by atoms with Gasteiger partial charge in [0.15, 0.2) is 0 Å². The van der Waals surface area contributed by atoms with Crippen LogP contribution in [0.25, 0.3) is 96.6 Å². The quantitative estimate of drug-likeness (QED) is 0.174. The molecule has 0 saturated heterocycles. The lowest BCUT2D eigenvalue weighted by Gasteiger charge is -2.19. The molecule has 1 aromatic heterocycles. The topological polar surface area (TPSA) is 0 Å². The monoisotopic (exact) mass is 612 g/mol. The highest BCUT2D eigenvalue weighted by atomic mass is 32.1. The number of benzene rings is 9. The minimum Gasteiger partial charge on any atom is -0.135 e. The maximum Gasteiger partial charge on any atom is 0.0433 e. The van der Waals surface area contributed by atoms with Crippen LogP contribution in [0.2, 0.25) is 0 Å². The molecule has 0 atom stereocenters. The second-order valence-electron chi connectivity index (χ2n) is 12.4. The fourth-order valence-corrected chi connectivity index (χ4v) is 8.96. The van der Waals surface area contributed by atoms with Gasteiger partial charge in [-0.05, 0) is 82.5 Å². The molecule has 1 heteroatoms. The average Bonchev–Trinajstić information content (AvgIpc) is 3.52. The van der Waals surface area contributed by atoms with Crippen molar-refractivity contribution in [2.75, 3.05) is 0 Å². The van der Waals surface area contributed by atoms with Gasteiger partial charge in [0.2, 0.25) is 0 Å². The van der Waals surface area contributed by atoms with E-state index in [1.165, 1.54) is 96.6 Å². The minimum atomic E-state index is 1.24. The van der Waals surface area contributed by atoms with E-state index < -0.39 is 0 Å². The Kier molecular flexibility index (Phi) is 5.85. The number of fused-ring (bicyclic) bond motifs is 8. The molecule has 0 spiro atoms. The predicted octanol–water partition coefficient (Wildman–Crippen LogP) is 13.7. The Balaban J connectivity index is 1.14. The Morgan fingerprint density at radius 1 is 0.298 bits per heavy atom. The second kappa shape index (κ2) is 10.4. The molecule has 218 valence electrons. The van der Waals surface area contributed by atoms with Crippen molar-refractivity contribution < 1.29 is 0 Å². The second-order valence-corrected chi connectivity index (χ2v) is 13.5. The van der Waals surface area contributed by atoms with Crippen LogP contribution in [0.4, 0.5) is 0 Å². The normalized spacial score (nSPS) is 11.8. The highest BCUT2D eigenvalue weighted by molar-refractivity contribution is 7.26. The van der Waals surface area contributed by atoms with Gasteiger partial charge in [-0.2, -0.15) is 0 Å². The summed E-state index contributed by atoms with van der Waals surface area (Å²) in [6.07, 6.45) is 0. The van der Waals surface area contributed by atoms with Crippen molar-refractivity contribution in [3.63, 3.8) is 0 Å². The summed E-state index contributed by atoms with van der Waals surface area (Å²) < 4.78 is 2.70. The summed E-state index contributed by atoms with van der Waals surface area (Å²) in [6, 6.07) is 62.7. The van der Waals surface area contributed by atoms with Gasteiger partial charge in [-0.1, -0.05) is 164 Å². The van der Waals surface area contributed by atoms with Crippen LogP contribution in [0.1, 0.15) is 0 Å². The van der Waals surface area contributed by atoms with Crippen LogP contribution < -0.4 is 0 Å². The molecule has 10 aromatic rings. The van der Waals surface area contributed by atoms with Gasteiger partial charge < -0.3 is 0 Å². The van der Waals surface area contributed by atoms with E-state index in [0.29, 0.717) is 0 Å². The van der Waals surface area contributed by atoms with E-state index in [0.717, 1.165) is 0 Å². The minimum absolute atomic E-state index is 1.24. The van der Waals surface area contributed by atoms with Crippen molar-refractivity contribution in [2.24, 2.45) is 0 Å². The summed E-state index contributed by atoms with van der Waals surface area (Å²) in [6.45, 7) is 0. The summed E-state index contributed by atoms with van der Waals surface area (Å²) in [7, 11) is 0. The van der Waals surface area contributed by atoms with Gasteiger partial charge in [-0.3, -0.25) is 0 Å². The van der Waals surface area contributed by atoms with E-state index in [1.54, 1.807) is 0 Å². The van der Waals surface area contributed by atoms with Gasteiger partial charge in [0, 0.05) is 20.2 Å². The van der Waals surface area contributed by atoms with Crippen molar-refractivity contribution in [3.8, 4) is 33.4 Å². The molecule has 9 aromatic carbocycles. The third-order valence-electron chi connectivity index (χ3n) is 9.86. The van der Waals surface area contributed by atoms with Crippen molar-refractivity contribution in [1.82, 2.24) is 0 Å². The first-order valence-electron chi connectivity index (χ1n) is 16.2. The molecular weight excluding hydrogens is 585 g/mol. The van der Waals surface area contributed by atoms with Crippen LogP contribution >= 0.6 is 11.3 Å². The fraction of sp³-hybridized carbons (Fsp3) is 0. The zero-order chi connectivity index (χ0) is 30.9. The third kappa shape index (κ3) is 4.07. The molecule has 1 heterocycles. The van der Waals surface area contributed by atoms with Crippen molar-refractivity contribution in [3.05, 3.63) is 170 Å². The van der Waals surface area contributed by atoms with Gasteiger partial charge in [-0.15, -0.1) is 11.3 Å². The van der Waals surface area contributed by atoms with Crippen LogP contribution in [0, 0.1) is 0 Å². The van der Waals surface area contributed by atoms with E-state index in [9.17, 15) is 0 Å². The summed E-state index contributed by atoms with van der Waals surface area (Å²) in [5.41, 5.74) is 7.60. The zero-order valence-electron chi connectivity index (χ0n) is 25.6. The van der Waals surface area contributed by atoms with Gasteiger partial charge in [-0.25, -0.2) is 0 Å². The summed E-state index contributed by atoms with van der Waals surface area (Å²) in [4.78, 5) is 0. The predicted molar refractivity (Wildman–Crippen MR) is 206 cm³/mol. The van der Waals surface area contributed by atoms with Crippen LogP contribution in [0.5, 0.6) is 0 Å². The maximum atomic E-state index is 2.37. The molecule has 0 bridgehead atoms. The Bertz CT molecular complexity index is 2770. The molecule has 0 aliphatic heterocycles. The SMILES string of the molecule is c1ccc2c(-c3c4ccccc4c(-c4ccc(-c5ccc6c(c5)sc5c7ccccc7ccc65)cc4)c4ccccc34)cccc2c1. The molecule has 0 amide bonds. The molecule has 0 unspecified atom stereocenters. The smallest absolute Gasteiger partial charge is 0.0433 e. The van der Waals surface area contributed by atoms with Crippen LogP contribution in [0.15, 0.2) is 170 Å². The van der Waals surface area contributed by atoms with E-state index in [1.807, 2.05) is 11.3 Å². The van der Waals surface area contributed by atoms with E-state index in [4.69, 9.17) is 0 Å². The maximum absolute atomic E-state index is 2.37. The lowest BCUT2D eigenvalue weighted by Crippen LogP contribution is -1.91. The van der Waals surface area contributed by atoms with E-state index >= 15 is 0 Å². The van der Waals surface area contributed by atoms with Gasteiger partial charge >= 0.3 is 0 Å². The molecule has 0 saturated carbocycles. The van der Waals surface area contributed by atoms with Crippen LogP contribution in [0.3, 0.4) is 0 Å². The summed E-state index contributed by atoms with van der Waals surface area (Å²) in [5.74, 6) is 0. The molecule has 0 aliphatic rings. The van der Waals surface area contributed by atoms with Crippen LogP contribution in [-0.2, 0) is 0 Å². The van der Waals surface area contributed by atoms with Crippen molar-refractivity contribution in [2.45, 2.75) is 0 Å². The summed E-state index contributed by atoms with van der Waals surface area (Å²) >= 11 is 1.90. The highest BCUT2D eigenvalue weighted by Crippen LogP contribution is 2.46. The number of thiophene rings is 1. The molecule has 0 fully saturated rings. The fourth-order valence-electron chi connectivity index (χ4n) is 7.69. The molecule has 0 aliphatic carbocycles. The number of hydrogen-bond donors (Lipinski definition) is 0. The van der Waals surface area contributed by atoms with E-state index in [-0.39, 0.29) is 0 Å². The first kappa shape index (κ1) is 26.5. The third-order valence-corrected chi connectivity index (χ3v) is 11.1. The van der Waals surface area contributed by atoms with Gasteiger partial charge in [0.25, 0.3) is 0 Å². The first-order valence-corrected chi connectivity index (χ1v) is 17.0. The lowest BCUT2D eigenvalue weighted by atomic mass is 9.84. The first-order chi connectivity index (χ1) is 23.3. The van der Waals surface area contributed by atoms with Gasteiger partial charge in [0.05, 0.1) is 0 Å². The Hall–Kier alpha value is -5.76.